The Balaban J connectivity index is 1.85. The summed E-state index contributed by atoms with van der Waals surface area (Å²) in [4.78, 5) is 15.5. The number of rotatable bonds is 3. The molecule has 4 nitrogen and oxygen atoms in total. The van der Waals surface area contributed by atoms with Gasteiger partial charge in [-0.3, -0.25) is 9.69 Å². The number of carbonyl (C=O) groups excluding carboxylic acids is 1. The molecule has 1 atom stereocenters. The van der Waals surface area contributed by atoms with Gasteiger partial charge in [-0.2, -0.15) is 0 Å². The molecular formula is C15H23N3O. The Labute approximate surface area is 115 Å². The number of piperazine rings is 1. The third-order valence-corrected chi connectivity index (χ3v) is 3.78. The lowest BCUT2D eigenvalue weighted by Gasteiger charge is -2.35. The summed E-state index contributed by atoms with van der Waals surface area (Å²) in [6.45, 7) is 8.03. The fraction of sp³-hybridized carbons (Fsp3) is 0.533. The Kier molecular flexibility index (Phi) is 4.56. The molecule has 1 fully saturated rings. The van der Waals surface area contributed by atoms with Crippen LogP contribution in [-0.2, 0) is 4.79 Å². The molecule has 1 heterocycles. The highest BCUT2D eigenvalue weighted by atomic mass is 16.2. The van der Waals surface area contributed by atoms with Crippen molar-refractivity contribution in [3.8, 4) is 0 Å². The van der Waals surface area contributed by atoms with E-state index in [4.69, 9.17) is 5.73 Å². The first kappa shape index (κ1) is 14.0. The minimum absolute atomic E-state index is 0.0458. The van der Waals surface area contributed by atoms with Crippen LogP contribution in [0, 0.1) is 6.92 Å². The fourth-order valence-corrected chi connectivity index (χ4v) is 2.44. The molecule has 1 unspecified atom stereocenters. The molecule has 1 saturated heterocycles. The molecule has 19 heavy (non-hydrogen) atoms. The topological polar surface area (TPSA) is 49.6 Å². The Morgan fingerprint density at radius 3 is 2.32 bits per heavy atom. The van der Waals surface area contributed by atoms with Gasteiger partial charge in [0.1, 0.15) is 0 Å². The van der Waals surface area contributed by atoms with Crippen LogP contribution in [0.25, 0.3) is 0 Å². The summed E-state index contributed by atoms with van der Waals surface area (Å²) in [6.07, 6.45) is 0. The van der Waals surface area contributed by atoms with Gasteiger partial charge in [-0.05, 0) is 12.5 Å². The minimum atomic E-state index is 0.0458. The van der Waals surface area contributed by atoms with Gasteiger partial charge in [-0.25, -0.2) is 0 Å². The summed E-state index contributed by atoms with van der Waals surface area (Å²) >= 11 is 0. The minimum Gasteiger partial charge on any atom is -0.340 e. The average Bonchev–Trinajstić information content (AvgIpc) is 2.40. The molecule has 1 aliphatic heterocycles. The standard InChI is InChI=1S/C15H23N3O/c1-12-3-5-14(6-4-12)15(16)11-17-7-9-18(10-8-17)13(2)19/h3-6,15H,7-11,16H2,1-2H3. The monoisotopic (exact) mass is 261 g/mol. The molecule has 104 valence electrons. The first-order valence-corrected chi connectivity index (χ1v) is 6.86. The van der Waals surface area contributed by atoms with Crippen molar-refractivity contribution >= 4 is 5.91 Å². The molecule has 2 rings (SSSR count). The molecular weight excluding hydrogens is 238 g/mol. The van der Waals surface area contributed by atoms with Gasteiger partial charge in [0, 0.05) is 45.7 Å². The number of nitrogens with two attached hydrogens (primary N) is 1. The number of amides is 1. The van der Waals surface area contributed by atoms with E-state index in [0.29, 0.717) is 0 Å². The van der Waals surface area contributed by atoms with E-state index in [1.807, 2.05) is 4.90 Å². The second-order valence-electron chi connectivity index (χ2n) is 5.32. The third kappa shape index (κ3) is 3.78. The van der Waals surface area contributed by atoms with E-state index in [2.05, 4.69) is 36.1 Å². The summed E-state index contributed by atoms with van der Waals surface area (Å²) in [5.41, 5.74) is 8.68. The molecule has 4 heteroatoms. The molecule has 0 radical (unpaired) electrons. The van der Waals surface area contributed by atoms with E-state index in [9.17, 15) is 4.79 Å². The molecule has 1 aromatic rings. The molecule has 0 spiro atoms. The molecule has 0 saturated carbocycles. The van der Waals surface area contributed by atoms with Gasteiger partial charge in [0.25, 0.3) is 0 Å². The van der Waals surface area contributed by atoms with E-state index in [0.717, 1.165) is 32.7 Å². The van der Waals surface area contributed by atoms with Gasteiger partial charge in [0.05, 0.1) is 0 Å². The van der Waals surface area contributed by atoms with E-state index < -0.39 is 0 Å². The second-order valence-corrected chi connectivity index (χ2v) is 5.32. The zero-order valence-corrected chi connectivity index (χ0v) is 11.8. The van der Waals surface area contributed by atoms with Crippen molar-refractivity contribution in [2.45, 2.75) is 19.9 Å². The average molecular weight is 261 g/mol. The maximum absolute atomic E-state index is 11.3. The van der Waals surface area contributed by atoms with Crippen LogP contribution in [-0.4, -0.2) is 48.4 Å². The second kappa shape index (κ2) is 6.17. The van der Waals surface area contributed by atoms with Gasteiger partial charge < -0.3 is 10.6 Å². The summed E-state index contributed by atoms with van der Waals surface area (Å²) in [6, 6.07) is 8.45. The van der Waals surface area contributed by atoms with Crippen molar-refractivity contribution in [2.24, 2.45) is 5.73 Å². The van der Waals surface area contributed by atoms with Crippen molar-refractivity contribution in [3.63, 3.8) is 0 Å². The van der Waals surface area contributed by atoms with Crippen LogP contribution in [0.3, 0.4) is 0 Å². The summed E-state index contributed by atoms with van der Waals surface area (Å²) < 4.78 is 0. The first-order chi connectivity index (χ1) is 9.06. The predicted molar refractivity (Wildman–Crippen MR) is 76.8 cm³/mol. The summed E-state index contributed by atoms with van der Waals surface area (Å²) in [5, 5.41) is 0. The van der Waals surface area contributed by atoms with E-state index in [1.165, 1.54) is 11.1 Å². The highest BCUT2D eigenvalue weighted by Crippen LogP contribution is 2.14. The van der Waals surface area contributed by atoms with Crippen molar-refractivity contribution < 1.29 is 4.79 Å². The van der Waals surface area contributed by atoms with E-state index in [-0.39, 0.29) is 11.9 Å². The van der Waals surface area contributed by atoms with E-state index in [1.54, 1.807) is 6.92 Å². The maximum Gasteiger partial charge on any atom is 0.219 e. The predicted octanol–water partition coefficient (Wildman–Crippen LogP) is 1.16. The van der Waals surface area contributed by atoms with Crippen molar-refractivity contribution in [1.82, 2.24) is 9.80 Å². The number of benzene rings is 1. The SMILES string of the molecule is CC(=O)N1CCN(CC(N)c2ccc(C)cc2)CC1. The van der Waals surface area contributed by atoms with Gasteiger partial charge >= 0.3 is 0 Å². The van der Waals surface area contributed by atoms with Crippen LogP contribution in [0.2, 0.25) is 0 Å². The highest BCUT2D eigenvalue weighted by molar-refractivity contribution is 5.73. The van der Waals surface area contributed by atoms with Crippen LogP contribution in [0.4, 0.5) is 0 Å². The number of aryl methyl sites for hydroxylation is 1. The third-order valence-electron chi connectivity index (χ3n) is 3.78. The van der Waals surface area contributed by atoms with Gasteiger partial charge in [0.2, 0.25) is 5.91 Å². The number of hydrogen-bond acceptors (Lipinski definition) is 3. The zero-order chi connectivity index (χ0) is 13.8. The molecule has 0 aromatic heterocycles. The lowest BCUT2D eigenvalue weighted by Crippen LogP contribution is -2.49. The van der Waals surface area contributed by atoms with Gasteiger partial charge in [-0.15, -0.1) is 0 Å². The van der Waals surface area contributed by atoms with Crippen molar-refractivity contribution in [2.75, 3.05) is 32.7 Å². The molecule has 1 aromatic carbocycles. The smallest absolute Gasteiger partial charge is 0.219 e. The largest absolute Gasteiger partial charge is 0.340 e. The molecule has 2 N–H and O–H groups in total. The maximum atomic E-state index is 11.3. The Morgan fingerprint density at radius 1 is 1.21 bits per heavy atom. The van der Waals surface area contributed by atoms with Crippen LogP contribution < -0.4 is 5.73 Å². The Morgan fingerprint density at radius 2 is 1.79 bits per heavy atom. The van der Waals surface area contributed by atoms with Crippen LogP contribution in [0.1, 0.15) is 24.1 Å². The lowest BCUT2D eigenvalue weighted by atomic mass is 10.1. The van der Waals surface area contributed by atoms with Crippen LogP contribution >= 0.6 is 0 Å². The normalized spacial score (nSPS) is 18.4. The molecule has 0 aliphatic carbocycles. The molecule has 1 amide bonds. The fourth-order valence-electron chi connectivity index (χ4n) is 2.44. The first-order valence-electron chi connectivity index (χ1n) is 6.86. The lowest BCUT2D eigenvalue weighted by molar-refractivity contribution is -0.130. The van der Waals surface area contributed by atoms with Gasteiger partial charge in [-0.1, -0.05) is 29.8 Å². The highest BCUT2D eigenvalue weighted by Gasteiger charge is 2.20. The number of nitrogens with zero attached hydrogens (tertiary/aromatic N) is 2. The Hall–Kier alpha value is -1.39. The van der Waals surface area contributed by atoms with Crippen LogP contribution in [0.15, 0.2) is 24.3 Å². The summed E-state index contributed by atoms with van der Waals surface area (Å²) in [5.74, 6) is 0.169. The van der Waals surface area contributed by atoms with Crippen LogP contribution in [0.5, 0.6) is 0 Å². The number of hydrogen-bond donors (Lipinski definition) is 1. The zero-order valence-electron chi connectivity index (χ0n) is 11.8. The number of carbonyl (C=O) groups is 1. The van der Waals surface area contributed by atoms with Gasteiger partial charge in [0.15, 0.2) is 0 Å². The molecule has 1 aliphatic rings. The van der Waals surface area contributed by atoms with Crippen molar-refractivity contribution in [3.05, 3.63) is 35.4 Å². The van der Waals surface area contributed by atoms with Crippen molar-refractivity contribution in [1.29, 1.82) is 0 Å². The molecule has 0 bridgehead atoms. The van der Waals surface area contributed by atoms with E-state index >= 15 is 0 Å². The Bertz CT molecular complexity index is 422. The quantitative estimate of drug-likeness (QED) is 0.888. The summed E-state index contributed by atoms with van der Waals surface area (Å²) in [7, 11) is 0.